The van der Waals surface area contributed by atoms with Gasteiger partial charge in [0.1, 0.15) is 5.75 Å². The highest BCUT2D eigenvalue weighted by atomic mass is 16.3. The summed E-state index contributed by atoms with van der Waals surface area (Å²) in [5.41, 5.74) is 2.44. The molecule has 1 aromatic heterocycles. The summed E-state index contributed by atoms with van der Waals surface area (Å²) in [6.45, 7) is 3.70. The molecular weight excluding hydrogens is 218 g/mol. The SMILES string of the molecule is Cc1ccc(O)c(NC(=O)c2cc(C)[nH]n2)c1. The van der Waals surface area contributed by atoms with Gasteiger partial charge in [-0.1, -0.05) is 6.07 Å². The van der Waals surface area contributed by atoms with E-state index in [2.05, 4.69) is 15.5 Å². The Morgan fingerprint density at radius 2 is 2.12 bits per heavy atom. The molecule has 5 nitrogen and oxygen atoms in total. The lowest BCUT2D eigenvalue weighted by Gasteiger charge is -2.06. The van der Waals surface area contributed by atoms with Gasteiger partial charge in [-0.15, -0.1) is 0 Å². The number of nitrogens with zero attached hydrogens (tertiary/aromatic N) is 1. The monoisotopic (exact) mass is 231 g/mol. The van der Waals surface area contributed by atoms with Crippen LogP contribution >= 0.6 is 0 Å². The van der Waals surface area contributed by atoms with Crippen molar-refractivity contribution >= 4 is 11.6 Å². The predicted molar refractivity (Wildman–Crippen MR) is 64.1 cm³/mol. The molecule has 0 spiro atoms. The minimum atomic E-state index is -0.352. The normalized spacial score (nSPS) is 10.2. The Bertz CT molecular complexity index is 561. The Morgan fingerprint density at radius 3 is 2.76 bits per heavy atom. The van der Waals surface area contributed by atoms with Crippen LogP contribution in [0.25, 0.3) is 0 Å². The number of hydrogen-bond donors (Lipinski definition) is 3. The number of phenols is 1. The Balaban J connectivity index is 2.21. The third kappa shape index (κ3) is 2.44. The van der Waals surface area contributed by atoms with Gasteiger partial charge in [0, 0.05) is 5.69 Å². The second-order valence-corrected chi connectivity index (χ2v) is 3.91. The summed E-state index contributed by atoms with van der Waals surface area (Å²) in [5, 5.41) is 18.7. The lowest BCUT2D eigenvalue weighted by molar-refractivity contribution is 0.102. The summed E-state index contributed by atoms with van der Waals surface area (Å²) in [6, 6.07) is 6.65. The number of carbonyl (C=O) groups is 1. The van der Waals surface area contributed by atoms with E-state index >= 15 is 0 Å². The number of aromatic nitrogens is 2. The van der Waals surface area contributed by atoms with Gasteiger partial charge in [-0.05, 0) is 37.6 Å². The molecule has 0 atom stereocenters. The van der Waals surface area contributed by atoms with Gasteiger partial charge in [0.25, 0.3) is 5.91 Å². The van der Waals surface area contributed by atoms with E-state index in [4.69, 9.17) is 0 Å². The minimum absolute atomic E-state index is 0.0382. The van der Waals surface area contributed by atoms with E-state index in [0.717, 1.165) is 11.3 Å². The molecule has 0 aliphatic heterocycles. The van der Waals surface area contributed by atoms with E-state index in [9.17, 15) is 9.90 Å². The van der Waals surface area contributed by atoms with Crippen LogP contribution in [0.4, 0.5) is 5.69 Å². The van der Waals surface area contributed by atoms with E-state index in [1.807, 2.05) is 13.8 Å². The first kappa shape index (κ1) is 11.2. The standard InChI is InChI=1S/C12H13N3O2/c1-7-3-4-11(16)9(5-7)13-12(17)10-6-8(2)14-15-10/h3-6,16H,1-2H3,(H,13,17)(H,14,15). The van der Waals surface area contributed by atoms with Crippen LogP contribution in [-0.2, 0) is 0 Å². The van der Waals surface area contributed by atoms with Crippen LogP contribution in [0.3, 0.4) is 0 Å². The number of anilines is 1. The smallest absolute Gasteiger partial charge is 0.276 e. The van der Waals surface area contributed by atoms with Crippen LogP contribution in [0.15, 0.2) is 24.3 Å². The molecule has 0 aliphatic rings. The van der Waals surface area contributed by atoms with Gasteiger partial charge in [-0.3, -0.25) is 9.89 Å². The van der Waals surface area contributed by atoms with Crippen molar-refractivity contribution in [3.8, 4) is 5.75 Å². The fourth-order valence-electron chi connectivity index (χ4n) is 1.47. The Hall–Kier alpha value is -2.30. The third-order valence-corrected chi connectivity index (χ3v) is 2.34. The van der Waals surface area contributed by atoms with E-state index in [0.29, 0.717) is 11.4 Å². The highest BCUT2D eigenvalue weighted by Gasteiger charge is 2.11. The Morgan fingerprint density at radius 1 is 1.35 bits per heavy atom. The molecule has 1 amide bonds. The number of carbonyl (C=O) groups excluding carboxylic acids is 1. The van der Waals surface area contributed by atoms with Crippen molar-refractivity contribution in [1.82, 2.24) is 10.2 Å². The van der Waals surface area contributed by atoms with Gasteiger partial charge in [0.05, 0.1) is 5.69 Å². The Labute approximate surface area is 98.5 Å². The average Bonchev–Trinajstić information content (AvgIpc) is 2.70. The molecule has 1 aromatic carbocycles. The number of aryl methyl sites for hydroxylation is 2. The number of aromatic hydroxyl groups is 1. The maximum atomic E-state index is 11.8. The molecule has 2 rings (SSSR count). The minimum Gasteiger partial charge on any atom is -0.506 e. The number of aromatic amines is 1. The number of rotatable bonds is 2. The summed E-state index contributed by atoms with van der Waals surface area (Å²) < 4.78 is 0. The van der Waals surface area contributed by atoms with Crippen molar-refractivity contribution in [3.63, 3.8) is 0 Å². The van der Waals surface area contributed by atoms with Crippen molar-refractivity contribution in [2.45, 2.75) is 13.8 Å². The molecule has 5 heteroatoms. The number of hydrogen-bond acceptors (Lipinski definition) is 3. The van der Waals surface area contributed by atoms with E-state index < -0.39 is 0 Å². The first-order valence-electron chi connectivity index (χ1n) is 5.19. The largest absolute Gasteiger partial charge is 0.506 e. The van der Waals surface area contributed by atoms with Crippen molar-refractivity contribution in [1.29, 1.82) is 0 Å². The lowest BCUT2D eigenvalue weighted by Crippen LogP contribution is -2.12. The first-order valence-corrected chi connectivity index (χ1v) is 5.19. The van der Waals surface area contributed by atoms with Crippen molar-refractivity contribution in [2.75, 3.05) is 5.32 Å². The lowest BCUT2D eigenvalue weighted by atomic mass is 10.2. The summed E-state index contributed by atoms with van der Waals surface area (Å²) >= 11 is 0. The molecule has 0 saturated heterocycles. The number of H-pyrrole nitrogens is 1. The molecule has 0 bridgehead atoms. The topological polar surface area (TPSA) is 78.0 Å². The van der Waals surface area contributed by atoms with E-state index in [-0.39, 0.29) is 11.7 Å². The van der Waals surface area contributed by atoms with Gasteiger partial charge in [-0.25, -0.2) is 0 Å². The highest BCUT2D eigenvalue weighted by molar-refractivity contribution is 6.03. The molecule has 0 unspecified atom stereocenters. The van der Waals surface area contributed by atoms with Crippen LogP contribution in [0.1, 0.15) is 21.7 Å². The fraction of sp³-hybridized carbons (Fsp3) is 0.167. The number of benzene rings is 1. The zero-order chi connectivity index (χ0) is 12.4. The van der Waals surface area contributed by atoms with Gasteiger partial charge < -0.3 is 10.4 Å². The van der Waals surface area contributed by atoms with Gasteiger partial charge in [0.2, 0.25) is 0 Å². The first-order chi connectivity index (χ1) is 8.06. The maximum absolute atomic E-state index is 11.8. The second kappa shape index (κ2) is 4.29. The quantitative estimate of drug-likeness (QED) is 0.691. The zero-order valence-corrected chi connectivity index (χ0v) is 9.61. The van der Waals surface area contributed by atoms with Crippen molar-refractivity contribution in [3.05, 3.63) is 41.2 Å². The van der Waals surface area contributed by atoms with Crippen LogP contribution in [0, 0.1) is 13.8 Å². The number of phenolic OH excluding ortho intramolecular Hbond substituents is 1. The highest BCUT2D eigenvalue weighted by Crippen LogP contribution is 2.24. The maximum Gasteiger partial charge on any atom is 0.276 e. The van der Waals surface area contributed by atoms with Crippen LogP contribution < -0.4 is 5.32 Å². The molecule has 0 saturated carbocycles. The molecular formula is C12H13N3O2. The summed E-state index contributed by atoms with van der Waals surface area (Å²) in [4.78, 5) is 11.8. The van der Waals surface area contributed by atoms with Crippen LogP contribution in [0.2, 0.25) is 0 Å². The number of nitrogens with one attached hydrogen (secondary N) is 2. The zero-order valence-electron chi connectivity index (χ0n) is 9.61. The Kier molecular flexibility index (Phi) is 2.82. The number of amides is 1. The molecule has 88 valence electrons. The molecule has 2 aromatic rings. The van der Waals surface area contributed by atoms with Gasteiger partial charge in [0.15, 0.2) is 5.69 Å². The molecule has 0 radical (unpaired) electrons. The molecule has 1 heterocycles. The summed E-state index contributed by atoms with van der Waals surface area (Å²) in [7, 11) is 0. The molecule has 0 fully saturated rings. The molecule has 3 N–H and O–H groups in total. The van der Waals surface area contributed by atoms with Gasteiger partial charge >= 0.3 is 0 Å². The van der Waals surface area contributed by atoms with Crippen molar-refractivity contribution in [2.24, 2.45) is 0 Å². The predicted octanol–water partition coefficient (Wildman–Crippen LogP) is 1.98. The van der Waals surface area contributed by atoms with Gasteiger partial charge in [-0.2, -0.15) is 5.10 Å². The van der Waals surface area contributed by atoms with Crippen molar-refractivity contribution < 1.29 is 9.90 Å². The van der Waals surface area contributed by atoms with Crippen LogP contribution in [0.5, 0.6) is 5.75 Å². The van der Waals surface area contributed by atoms with E-state index in [1.54, 1.807) is 24.3 Å². The second-order valence-electron chi connectivity index (χ2n) is 3.91. The van der Waals surface area contributed by atoms with E-state index in [1.165, 1.54) is 0 Å². The molecule has 0 aliphatic carbocycles. The molecule has 17 heavy (non-hydrogen) atoms. The summed E-state index contributed by atoms with van der Waals surface area (Å²) in [6.07, 6.45) is 0. The average molecular weight is 231 g/mol. The fourth-order valence-corrected chi connectivity index (χ4v) is 1.47. The third-order valence-electron chi connectivity index (χ3n) is 2.34. The van der Waals surface area contributed by atoms with Crippen LogP contribution in [-0.4, -0.2) is 21.2 Å². The summed E-state index contributed by atoms with van der Waals surface area (Å²) in [5.74, 6) is -0.313.